The van der Waals surface area contributed by atoms with Crippen LogP contribution in [0.3, 0.4) is 0 Å². The highest BCUT2D eigenvalue weighted by atomic mass is 19.1. The molecule has 0 atom stereocenters. The Morgan fingerprint density at radius 3 is 2.61 bits per heavy atom. The molecule has 8 nitrogen and oxygen atoms in total. The molecule has 3 aromatic heterocycles. The molecule has 0 fully saturated rings. The molecule has 0 bridgehead atoms. The molecule has 0 saturated heterocycles. The predicted octanol–water partition coefficient (Wildman–Crippen LogP) is 4.09. The predicted molar refractivity (Wildman–Crippen MR) is 121 cm³/mol. The Morgan fingerprint density at radius 1 is 1.09 bits per heavy atom. The number of nitrogens with zero attached hydrogens (tertiary/aromatic N) is 5. The van der Waals surface area contributed by atoms with Crippen molar-refractivity contribution in [1.82, 2.24) is 29.8 Å². The molecule has 0 radical (unpaired) electrons. The monoisotopic (exact) mass is 451 g/mol. The van der Waals surface area contributed by atoms with Gasteiger partial charge in [-0.2, -0.15) is 0 Å². The number of rotatable bonds is 8. The SMILES string of the molecule is Cc1nc2c(F)cc(-c3nc(Nc4ccc(CNCC=O)cn4)ncc3F)cc2n1C(C)C. The Morgan fingerprint density at radius 2 is 1.91 bits per heavy atom. The van der Waals surface area contributed by atoms with E-state index in [0.29, 0.717) is 23.7 Å². The van der Waals surface area contributed by atoms with Crippen LogP contribution in [0.15, 0.2) is 36.7 Å². The maximum absolute atomic E-state index is 14.8. The first-order chi connectivity index (χ1) is 15.9. The molecule has 4 aromatic rings. The summed E-state index contributed by atoms with van der Waals surface area (Å²) >= 11 is 0. The van der Waals surface area contributed by atoms with E-state index >= 15 is 0 Å². The molecule has 0 aliphatic rings. The van der Waals surface area contributed by atoms with Gasteiger partial charge in [-0.05, 0) is 44.5 Å². The van der Waals surface area contributed by atoms with Crippen molar-refractivity contribution in [2.24, 2.45) is 0 Å². The number of halogens is 2. The van der Waals surface area contributed by atoms with Crippen molar-refractivity contribution in [2.45, 2.75) is 33.4 Å². The van der Waals surface area contributed by atoms with E-state index in [0.717, 1.165) is 18.0 Å². The summed E-state index contributed by atoms with van der Waals surface area (Å²) in [6.07, 6.45) is 3.47. The van der Waals surface area contributed by atoms with Crippen molar-refractivity contribution < 1.29 is 13.6 Å². The molecule has 0 unspecified atom stereocenters. The number of aryl methyl sites for hydroxylation is 1. The van der Waals surface area contributed by atoms with Gasteiger partial charge in [0.1, 0.15) is 29.1 Å². The van der Waals surface area contributed by atoms with Crippen LogP contribution in [0.1, 0.15) is 31.3 Å². The number of imidazole rings is 1. The van der Waals surface area contributed by atoms with E-state index in [1.807, 2.05) is 31.4 Å². The second-order valence-corrected chi connectivity index (χ2v) is 7.81. The smallest absolute Gasteiger partial charge is 0.229 e. The number of aldehydes is 1. The topological polar surface area (TPSA) is 97.6 Å². The van der Waals surface area contributed by atoms with Crippen LogP contribution in [0.2, 0.25) is 0 Å². The van der Waals surface area contributed by atoms with E-state index in [9.17, 15) is 13.6 Å². The summed E-state index contributed by atoms with van der Waals surface area (Å²) in [5.74, 6) is 0.0493. The van der Waals surface area contributed by atoms with Crippen LogP contribution in [0.5, 0.6) is 0 Å². The Balaban J connectivity index is 1.64. The third-order valence-electron chi connectivity index (χ3n) is 5.08. The van der Waals surface area contributed by atoms with Gasteiger partial charge in [0.15, 0.2) is 11.6 Å². The van der Waals surface area contributed by atoms with Crippen LogP contribution in [-0.4, -0.2) is 37.3 Å². The summed E-state index contributed by atoms with van der Waals surface area (Å²) in [6.45, 7) is 6.52. The number of hydrogen-bond acceptors (Lipinski definition) is 7. The van der Waals surface area contributed by atoms with Crippen molar-refractivity contribution in [2.75, 3.05) is 11.9 Å². The lowest BCUT2D eigenvalue weighted by molar-refractivity contribution is -0.107. The number of fused-ring (bicyclic) bond motifs is 1. The van der Waals surface area contributed by atoms with Crippen molar-refractivity contribution in [3.63, 3.8) is 0 Å². The maximum Gasteiger partial charge on any atom is 0.229 e. The van der Waals surface area contributed by atoms with Crippen LogP contribution >= 0.6 is 0 Å². The minimum Gasteiger partial charge on any atom is -0.326 e. The first-order valence-electron chi connectivity index (χ1n) is 10.4. The second-order valence-electron chi connectivity index (χ2n) is 7.81. The molecule has 0 saturated carbocycles. The van der Waals surface area contributed by atoms with Crippen LogP contribution in [0.25, 0.3) is 22.3 Å². The highest BCUT2D eigenvalue weighted by Gasteiger charge is 2.18. The average molecular weight is 451 g/mol. The molecule has 0 spiro atoms. The van der Waals surface area contributed by atoms with Crippen LogP contribution < -0.4 is 10.6 Å². The zero-order chi connectivity index (χ0) is 23.5. The molecule has 2 N–H and O–H groups in total. The van der Waals surface area contributed by atoms with Gasteiger partial charge in [0.05, 0.1) is 18.3 Å². The van der Waals surface area contributed by atoms with Crippen LogP contribution in [-0.2, 0) is 11.3 Å². The standard InChI is InChI=1S/C23H23F2N7O/c1-13(2)32-14(3)29-22-17(24)8-16(9-19(22)32)21-18(25)12-28-23(31-21)30-20-5-4-15(11-27-20)10-26-6-7-33/h4-5,7-9,11-13,26H,6,10H2,1-3H3,(H,27,28,30,31). The summed E-state index contributed by atoms with van der Waals surface area (Å²) in [5, 5.41) is 5.88. The molecule has 0 aliphatic carbocycles. The molecule has 4 rings (SSSR count). The Kier molecular flexibility index (Phi) is 6.36. The van der Waals surface area contributed by atoms with Crippen LogP contribution in [0.4, 0.5) is 20.5 Å². The van der Waals surface area contributed by atoms with Gasteiger partial charge in [0.25, 0.3) is 0 Å². The summed E-state index contributed by atoms with van der Waals surface area (Å²) in [7, 11) is 0. The van der Waals surface area contributed by atoms with Gasteiger partial charge in [0.2, 0.25) is 5.95 Å². The molecular formula is C23H23F2N7O. The lowest BCUT2D eigenvalue weighted by Crippen LogP contribution is -2.15. The third-order valence-corrected chi connectivity index (χ3v) is 5.08. The molecule has 170 valence electrons. The molecule has 33 heavy (non-hydrogen) atoms. The number of aromatic nitrogens is 5. The van der Waals surface area contributed by atoms with E-state index in [4.69, 9.17) is 0 Å². The maximum atomic E-state index is 14.8. The largest absolute Gasteiger partial charge is 0.326 e. The highest BCUT2D eigenvalue weighted by molar-refractivity contribution is 5.83. The van der Waals surface area contributed by atoms with Crippen molar-refractivity contribution >= 4 is 29.1 Å². The van der Waals surface area contributed by atoms with Crippen molar-refractivity contribution in [3.05, 3.63) is 59.7 Å². The number of pyridine rings is 1. The van der Waals surface area contributed by atoms with E-state index in [1.54, 1.807) is 18.3 Å². The Labute approximate surface area is 189 Å². The lowest BCUT2D eigenvalue weighted by atomic mass is 10.1. The minimum absolute atomic E-state index is 0.0304. The number of anilines is 2. The first kappa shape index (κ1) is 22.4. The molecule has 10 heteroatoms. The number of carbonyl (C=O) groups is 1. The molecule has 3 heterocycles. The fourth-order valence-electron chi connectivity index (χ4n) is 3.68. The summed E-state index contributed by atoms with van der Waals surface area (Å²) < 4.78 is 31.4. The van der Waals surface area contributed by atoms with Gasteiger partial charge in [-0.3, -0.25) is 0 Å². The lowest BCUT2D eigenvalue weighted by Gasteiger charge is -2.12. The van der Waals surface area contributed by atoms with Gasteiger partial charge in [0, 0.05) is 24.3 Å². The van der Waals surface area contributed by atoms with Gasteiger partial charge in [-0.25, -0.2) is 28.7 Å². The van der Waals surface area contributed by atoms with Crippen LogP contribution in [0, 0.1) is 18.6 Å². The van der Waals surface area contributed by atoms with Gasteiger partial charge in [-0.15, -0.1) is 0 Å². The number of hydrogen-bond donors (Lipinski definition) is 2. The number of benzene rings is 1. The summed E-state index contributed by atoms with van der Waals surface area (Å²) in [6, 6.07) is 6.52. The fourth-order valence-corrected chi connectivity index (χ4v) is 3.68. The average Bonchev–Trinajstić information content (AvgIpc) is 3.13. The van der Waals surface area contributed by atoms with Gasteiger partial charge in [-0.1, -0.05) is 6.07 Å². The van der Waals surface area contributed by atoms with E-state index in [-0.39, 0.29) is 35.3 Å². The minimum atomic E-state index is -0.670. The van der Waals surface area contributed by atoms with Crippen molar-refractivity contribution in [1.29, 1.82) is 0 Å². The van der Waals surface area contributed by atoms with Gasteiger partial charge < -0.3 is 20.0 Å². The number of nitrogens with one attached hydrogen (secondary N) is 2. The fraction of sp³-hybridized carbons (Fsp3) is 0.261. The van der Waals surface area contributed by atoms with Crippen molar-refractivity contribution in [3.8, 4) is 11.3 Å². The third kappa shape index (κ3) is 4.70. The summed E-state index contributed by atoms with van der Waals surface area (Å²) in [5.41, 5.74) is 1.96. The zero-order valence-electron chi connectivity index (χ0n) is 18.4. The Hall–Kier alpha value is -3.79. The second kappa shape index (κ2) is 9.37. The quantitative estimate of drug-likeness (QED) is 0.308. The molecule has 1 aromatic carbocycles. The normalized spacial score (nSPS) is 11.3. The summed E-state index contributed by atoms with van der Waals surface area (Å²) in [4.78, 5) is 27.2. The zero-order valence-corrected chi connectivity index (χ0v) is 18.4. The van der Waals surface area contributed by atoms with E-state index in [1.165, 1.54) is 6.07 Å². The number of carbonyl (C=O) groups excluding carboxylic acids is 1. The van der Waals surface area contributed by atoms with Gasteiger partial charge >= 0.3 is 0 Å². The molecule has 0 aliphatic heterocycles. The first-order valence-corrected chi connectivity index (χ1v) is 10.4. The molecule has 0 amide bonds. The van der Waals surface area contributed by atoms with E-state index in [2.05, 4.69) is 30.6 Å². The molecular weight excluding hydrogens is 428 g/mol. The Bertz CT molecular complexity index is 1300. The highest BCUT2D eigenvalue weighted by Crippen LogP contribution is 2.30. The van der Waals surface area contributed by atoms with E-state index < -0.39 is 11.6 Å².